The second kappa shape index (κ2) is 9.49. The van der Waals surface area contributed by atoms with Crippen molar-refractivity contribution >= 4 is 27.7 Å². The summed E-state index contributed by atoms with van der Waals surface area (Å²) in [6.45, 7) is 14.2. The number of ether oxygens (including phenoxy) is 1. The number of esters is 1. The highest BCUT2D eigenvalue weighted by Crippen LogP contribution is 2.59. The summed E-state index contributed by atoms with van der Waals surface area (Å²) in [6.07, 6.45) is 6.76. The van der Waals surface area contributed by atoms with Crippen LogP contribution < -0.4 is 0 Å². The molecule has 0 N–H and O–H groups in total. The van der Waals surface area contributed by atoms with Crippen LogP contribution in [0.3, 0.4) is 0 Å². The van der Waals surface area contributed by atoms with Crippen LogP contribution in [0.5, 0.6) is 0 Å². The van der Waals surface area contributed by atoms with Crippen molar-refractivity contribution in [1.82, 2.24) is 0 Å². The maximum absolute atomic E-state index is 13.0. The Bertz CT molecular complexity index is 697. The highest BCUT2D eigenvalue weighted by Gasteiger charge is 2.50. The zero-order chi connectivity index (χ0) is 22.0. The van der Waals surface area contributed by atoms with Gasteiger partial charge in [0.2, 0.25) is 0 Å². The number of carbonyl (C=O) groups excluding carboxylic acids is 2. The van der Waals surface area contributed by atoms with Crippen molar-refractivity contribution in [1.29, 1.82) is 0 Å². The van der Waals surface area contributed by atoms with E-state index in [0.717, 1.165) is 11.1 Å². The van der Waals surface area contributed by atoms with Crippen LogP contribution in [0.2, 0.25) is 0 Å². The van der Waals surface area contributed by atoms with Gasteiger partial charge in [0.25, 0.3) is 0 Å². The number of fused-ring (bicyclic) bond motifs is 1. The number of hydrogen-bond acceptors (Lipinski definition) is 3. The number of carbonyl (C=O) groups is 2. The van der Waals surface area contributed by atoms with E-state index in [-0.39, 0.29) is 18.4 Å². The highest BCUT2D eigenvalue weighted by molar-refractivity contribution is 9.11. The molecule has 4 atom stereocenters. The van der Waals surface area contributed by atoms with Crippen LogP contribution in [0.25, 0.3) is 0 Å². The summed E-state index contributed by atoms with van der Waals surface area (Å²) >= 11 is 3.58. The lowest BCUT2D eigenvalue weighted by Gasteiger charge is -2.44. The molecule has 0 heterocycles. The number of Topliss-reactive ketones (excluding diaryl/α,β-unsaturated/α-hetero) is 1. The fourth-order valence-corrected chi connectivity index (χ4v) is 6.02. The summed E-state index contributed by atoms with van der Waals surface area (Å²) in [6, 6.07) is 0. The zero-order valence-corrected chi connectivity index (χ0v) is 20.9. The highest BCUT2D eigenvalue weighted by atomic mass is 79.9. The van der Waals surface area contributed by atoms with Crippen molar-refractivity contribution in [3.63, 3.8) is 0 Å². The van der Waals surface area contributed by atoms with Gasteiger partial charge in [0.1, 0.15) is 6.61 Å². The fraction of sp³-hybridized carbons (Fsp3) is 0.760. The lowest BCUT2D eigenvalue weighted by Crippen LogP contribution is -2.36. The summed E-state index contributed by atoms with van der Waals surface area (Å²) in [4.78, 5) is 27.1. The smallest absolute Gasteiger partial charge is 0.311 e. The van der Waals surface area contributed by atoms with E-state index in [9.17, 15) is 9.59 Å². The second-order valence-corrected chi connectivity index (χ2v) is 11.1. The van der Waals surface area contributed by atoms with Gasteiger partial charge in [-0.1, -0.05) is 35.4 Å². The Hall–Kier alpha value is -0.900. The third-order valence-corrected chi connectivity index (χ3v) is 8.05. The first-order chi connectivity index (χ1) is 13.4. The third-order valence-electron chi connectivity index (χ3n) is 7.46. The van der Waals surface area contributed by atoms with Crippen LogP contribution in [0.15, 0.2) is 21.7 Å². The van der Waals surface area contributed by atoms with E-state index in [2.05, 4.69) is 34.8 Å². The first kappa shape index (κ1) is 24.4. The summed E-state index contributed by atoms with van der Waals surface area (Å²) < 4.78 is 5.40. The average molecular weight is 467 g/mol. The fourth-order valence-electron chi connectivity index (χ4n) is 5.47. The minimum Gasteiger partial charge on any atom is -0.461 e. The van der Waals surface area contributed by atoms with Crippen LogP contribution in [0, 0.1) is 28.6 Å². The molecule has 4 heteroatoms. The van der Waals surface area contributed by atoms with E-state index in [0.29, 0.717) is 29.6 Å². The SMILES string of the molecule is C/C(COC(=O)C(C)(C)C)=C(/C)C(=O)C[C@@H](C)[C@H]1CC[C@H]2C(=CBr)CCC[C@]12C. The molecule has 2 aliphatic carbocycles. The Morgan fingerprint density at radius 2 is 1.93 bits per heavy atom. The molecular formula is C25H39BrO3. The van der Waals surface area contributed by atoms with Gasteiger partial charge in [-0.25, -0.2) is 0 Å². The number of halogens is 1. The van der Waals surface area contributed by atoms with E-state index >= 15 is 0 Å². The monoisotopic (exact) mass is 466 g/mol. The predicted octanol–water partition coefficient (Wildman–Crippen LogP) is 7.00. The maximum Gasteiger partial charge on any atom is 0.311 e. The molecule has 2 saturated carbocycles. The molecule has 0 aliphatic heterocycles. The molecule has 0 spiro atoms. The van der Waals surface area contributed by atoms with E-state index in [4.69, 9.17) is 4.74 Å². The molecule has 2 rings (SSSR count). The molecule has 2 aliphatic rings. The predicted molar refractivity (Wildman–Crippen MR) is 123 cm³/mol. The van der Waals surface area contributed by atoms with Crippen LogP contribution >= 0.6 is 15.9 Å². The van der Waals surface area contributed by atoms with Crippen LogP contribution in [-0.4, -0.2) is 18.4 Å². The second-order valence-electron chi connectivity index (χ2n) is 10.6. The van der Waals surface area contributed by atoms with Crippen molar-refractivity contribution in [2.75, 3.05) is 6.61 Å². The summed E-state index contributed by atoms with van der Waals surface area (Å²) in [7, 11) is 0. The van der Waals surface area contributed by atoms with Crippen molar-refractivity contribution in [3.8, 4) is 0 Å². The molecule has 2 fully saturated rings. The molecule has 29 heavy (non-hydrogen) atoms. The Morgan fingerprint density at radius 3 is 2.52 bits per heavy atom. The van der Waals surface area contributed by atoms with Gasteiger partial charge in [-0.2, -0.15) is 0 Å². The molecule has 0 aromatic carbocycles. The molecule has 0 radical (unpaired) electrons. The number of hydrogen-bond donors (Lipinski definition) is 0. The van der Waals surface area contributed by atoms with Gasteiger partial charge in [0, 0.05) is 6.42 Å². The van der Waals surface area contributed by atoms with Crippen molar-refractivity contribution in [2.24, 2.45) is 28.6 Å². The van der Waals surface area contributed by atoms with Gasteiger partial charge >= 0.3 is 5.97 Å². The van der Waals surface area contributed by atoms with Gasteiger partial charge < -0.3 is 4.74 Å². The van der Waals surface area contributed by atoms with Crippen molar-refractivity contribution < 1.29 is 14.3 Å². The first-order valence-corrected chi connectivity index (χ1v) is 12.0. The van der Waals surface area contributed by atoms with Crippen LogP contribution in [0.1, 0.15) is 87.0 Å². The maximum atomic E-state index is 13.0. The van der Waals surface area contributed by atoms with E-state index in [1.807, 2.05) is 34.6 Å². The van der Waals surface area contributed by atoms with E-state index in [1.54, 1.807) is 5.57 Å². The molecule has 0 unspecified atom stereocenters. The first-order valence-electron chi connectivity index (χ1n) is 11.1. The van der Waals surface area contributed by atoms with Crippen LogP contribution in [0.4, 0.5) is 0 Å². The van der Waals surface area contributed by atoms with Crippen molar-refractivity contribution in [2.45, 2.75) is 87.0 Å². The molecule has 164 valence electrons. The Labute approximate surface area is 185 Å². The summed E-state index contributed by atoms with van der Waals surface area (Å²) in [5, 5.41) is 0. The normalized spacial score (nSPS) is 30.6. The molecular weight excluding hydrogens is 428 g/mol. The van der Waals surface area contributed by atoms with Crippen molar-refractivity contribution in [3.05, 3.63) is 21.7 Å². The van der Waals surface area contributed by atoms with Gasteiger partial charge in [0.05, 0.1) is 5.41 Å². The quantitative estimate of drug-likeness (QED) is 0.312. The summed E-state index contributed by atoms with van der Waals surface area (Å²) in [5.74, 6) is 1.58. The summed E-state index contributed by atoms with van der Waals surface area (Å²) in [5.41, 5.74) is 2.96. The van der Waals surface area contributed by atoms with Crippen LogP contribution in [-0.2, 0) is 14.3 Å². The molecule has 0 bridgehead atoms. The molecule has 3 nitrogen and oxygen atoms in total. The Balaban J connectivity index is 2.02. The van der Waals surface area contributed by atoms with Gasteiger partial charge in [-0.15, -0.1) is 0 Å². The largest absolute Gasteiger partial charge is 0.461 e. The molecule has 0 saturated heterocycles. The van der Waals surface area contributed by atoms with E-state index < -0.39 is 5.41 Å². The van der Waals surface area contributed by atoms with E-state index in [1.165, 1.54) is 32.1 Å². The molecule has 0 aromatic rings. The minimum absolute atomic E-state index is 0.195. The number of rotatable bonds is 6. The standard InChI is InChI=1S/C25H39BrO3/c1-16(20-10-11-21-19(14-26)9-8-12-25(20,21)7)13-22(27)18(3)17(2)15-29-23(28)24(4,5)6/h14,16,20-21H,8-13,15H2,1-7H3/b18-17+,19-14?/t16-,20-,21+,25-/m1/s1. The van der Waals surface area contributed by atoms with Gasteiger partial charge in [-0.05, 0) is 106 Å². The number of ketones is 1. The zero-order valence-electron chi connectivity index (χ0n) is 19.4. The molecule has 0 aromatic heterocycles. The van der Waals surface area contributed by atoms with Gasteiger partial charge in [-0.3, -0.25) is 9.59 Å². The topological polar surface area (TPSA) is 43.4 Å². The van der Waals surface area contributed by atoms with Gasteiger partial charge in [0.15, 0.2) is 5.78 Å². The minimum atomic E-state index is -0.524. The average Bonchev–Trinajstić information content (AvgIpc) is 3.01. The third kappa shape index (κ3) is 5.42. The lowest BCUT2D eigenvalue weighted by molar-refractivity contribution is -0.151. The number of allylic oxidation sites excluding steroid dienone is 2. The Kier molecular flexibility index (Phi) is 7.98. The molecule has 0 amide bonds. The lowest BCUT2D eigenvalue weighted by atomic mass is 9.61. The Morgan fingerprint density at radius 1 is 1.28 bits per heavy atom.